The molecule has 0 radical (unpaired) electrons. The Labute approximate surface area is 109 Å². The number of hydrogen-bond donors (Lipinski definition) is 0. The normalized spacial score (nSPS) is 18.3. The van der Waals surface area contributed by atoms with E-state index in [0.717, 1.165) is 38.0 Å². The van der Waals surface area contributed by atoms with Gasteiger partial charge in [-0.25, -0.2) is 0 Å². The zero-order valence-corrected chi connectivity index (χ0v) is 11.3. The molecule has 2 heteroatoms. The lowest BCUT2D eigenvalue weighted by molar-refractivity contribution is -0.122. The van der Waals surface area contributed by atoms with Crippen LogP contribution in [-0.4, -0.2) is 12.4 Å². The number of ether oxygens (including phenoxy) is 1. The van der Waals surface area contributed by atoms with Gasteiger partial charge in [0.15, 0.2) is 0 Å². The first-order valence-electron chi connectivity index (χ1n) is 6.93. The van der Waals surface area contributed by atoms with Crippen molar-refractivity contribution in [2.45, 2.75) is 45.4 Å². The first-order valence-corrected chi connectivity index (χ1v) is 6.93. The first-order chi connectivity index (χ1) is 8.68. The van der Waals surface area contributed by atoms with Crippen molar-refractivity contribution in [1.29, 1.82) is 0 Å². The minimum absolute atomic E-state index is 0.173. The van der Waals surface area contributed by atoms with E-state index in [1.807, 2.05) is 26.0 Å². The van der Waals surface area contributed by atoms with Crippen LogP contribution in [0.15, 0.2) is 24.3 Å². The Kier molecular flexibility index (Phi) is 4.40. The topological polar surface area (TPSA) is 26.3 Å². The summed E-state index contributed by atoms with van der Waals surface area (Å²) in [5.74, 6) is 2.15. The molecule has 1 atom stereocenters. The third kappa shape index (κ3) is 3.12. The highest BCUT2D eigenvalue weighted by Gasteiger charge is 2.20. The summed E-state index contributed by atoms with van der Waals surface area (Å²) in [6.07, 6.45) is 3.89. The Morgan fingerprint density at radius 1 is 1.39 bits per heavy atom. The molecule has 1 unspecified atom stereocenters. The highest BCUT2D eigenvalue weighted by molar-refractivity contribution is 5.80. The fourth-order valence-corrected chi connectivity index (χ4v) is 2.53. The summed E-state index contributed by atoms with van der Waals surface area (Å²) in [6, 6.07) is 8.29. The van der Waals surface area contributed by atoms with E-state index in [-0.39, 0.29) is 5.92 Å². The second-order valence-corrected chi connectivity index (χ2v) is 5.39. The minimum atomic E-state index is 0.173. The van der Waals surface area contributed by atoms with Gasteiger partial charge in [-0.3, -0.25) is 4.79 Å². The monoisotopic (exact) mass is 246 g/mol. The molecule has 0 amide bonds. The molecule has 18 heavy (non-hydrogen) atoms. The molecular weight excluding hydrogens is 224 g/mol. The Morgan fingerprint density at radius 2 is 2.17 bits per heavy atom. The number of ketones is 1. The van der Waals surface area contributed by atoms with Crippen LogP contribution in [0.3, 0.4) is 0 Å². The molecule has 0 spiro atoms. The Balaban J connectivity index is 1.90. The van der Waals surface area contributed by atoms with E-state index >= 15 is 0 Å². The van der Waals surface area contributed by atoms with E-state index < -0.39 is 0 Å². The maximum absolute atomic E-state index is 11.6. The molecule has 0 fully saturated rings. The molecule has 1 aromatic rings. The van der Waals surface area contributed by atoms with Gasteiger partial charge in [0, 0.05) is 12.3 Å². The summed E-state index contributed by atoms with van der Waals surface area (Å²) in [4.78, 5) is 11.6. The van der Waals surface area contributed by atoms with Crippen molar-refractivity contribution in [2.75, 3.05) is 6.61 Å². The van der Waals surface area contributed by atoms with Crippen LogP contribution in [0, 0.1) is 5.92 Å². The van der Waals surface area contributed by atoms with Crippen molar-refractivity contribution < 1.29 is 9.53 Å². The number of benzene rings is 1. The smallest absolute Gasteiger partial charge is 0.135 e. The van der Waals surface area contributed by atoms with Crippen LogP contribution in [0.1, 0.15) is 51.0 Å². The van der Waals surface area contributed by atoms with Gasteiger partial charge in [0.2, 0.25) is 0 Å². The molecule has 2 nitrogen and oxygen atoms in total. The number of carbonyl (C=O) groups excluding carboxylic acids is 1. The number of rotatable bonds is 5. The fourth-order valence-electron chi connectivity index (χ4n) is 2.53. The molecular formula is C16H22O2. The van der Waals surface area contributed by atoms with E-state index in [2.05, 4.69) is 12.1 Å². The van der Waals surface area contributed by atoms with Crippen LogP contribution in [-0.2, 0) is 4.79 Å². The molecule has 1 aromatic carbocycles. The maximum atomic E-state index is 11.6. The second-order valence-electron chi connectivity index (χ2n) is 5.39. The third-order valence-corrected chi connectivity index (χ3v) is 3.70. The summed E-state index contributed by atoms with van der Waals surface area (Å²) in [5, 5.41) is 0. The number of hydrogen-bond acceptors (Lipinski definition) is 2. The van der Waals surface area contributed by atoms with Gasteiger partial charge in [-0.2, -0.15) is 0 Å². The molecule has 1 heterocycles. The average Bonchev–Trinajstić information content (AvgIpc) is 2.38. The zero-order valence-electron chi connectivity index (χ0n) is 11.3. The quantitative estimate of drug-likeness (QED) is 0.786. The SMILES string of the molecule is CC(C)C(=O)CCCC1CCOc2ccccc21. The summed E-state index contributed by atoms with van der Waals surface area (Å²) < 4.78 is 5.65. The molecule has 0 N–H and O–H groups in total. The summed E-state index contributed by atoms with van der Waals surface area (Å²) in [7, 11) is 0. The number of carbonyl (C=O) groups is 1. The van der Waals surface area contributed by atoms with Crippen molar-refractivity contribution in [3.8, 4) is 5.75 Å². The molecule has 0 saturated heterocycles. The lowest BCUT2D eigenvalue weighted by Crippen LogP contribution is -2.15. The van der Waals surface area contributed by atoms with E-state index in [9.17, 15) is 4.79 Å². The van der Waals surface area contributed by atoms with Crippen LogP contribution in [0.25, 0.3) is 0 Å². The zero-order chi connectivity index (χ0) is 13.0. The molecule has 98 valence electrons. The molecule has 0 bridgehead atoms. The summed E-state index contributed by atoms with van der Waals surface area (Å²) in [6.45, 7) is 4.76. The van der Waals surface area contributed by atoms with Gasteiger partial charge >= 0.3 is 0 Å². The molecule has 0 aromatic heterocycles. The predicted octanol–water partition coefficient (Wildman–Crippen LogP) is 3.95. The van der Waals surface area contributed by atoms with E-state index in [1.54, 1.807) is 0 Å². The lowest BCUT2D eigenvalue weighted by Gasteiger charge is -2.25. The highest BCUT2D eigenvalue weighted by Crippen LogP contribution is 2.36. The van der Waals surface area contributed by atoms with Gasteiger partial charge < -0.3 is 4.74 Å². The second kappa shape index (κ2) is 6.03. The van der Waals surface area contributed by atoms with Gasteiger partial charge in [0.1, 0.15) is 11.5 Å². The number of Topliss-reactive ketones (excluding diaryl/α,β-unsaturated/α-hetero) is 1. The number of para-hydroxylation sites is 1. The standard InChI is InChI=1S/C16H22O2/c1-12(2)15(17)8-5-6-13-10-11-18-16-9-4-3-7-14(13)16/h3-4,7,9,12-13H,5-6,8,10-11H2,1-2H3. The van der Waals surface area contributed by atoms with Crippen LogP contribution in [0.4, 0.5) is 0 Å². The van der Waals surface area contributed by atoms with Crippen LogP contribution >= 0.6 is 0 Å². The van der Waals surface area contributed by atoms with Crippen LogP contribution in [0.5, 0.6) is 5.75 Å². The van der Waals surface area contributed by atoms with Crippen molar-refractivity contribution >= 4 is 5.78 Å². The predicted molar refractivity (Wildman–Crippen MR) is 73.0 cm³/mol. The first kappa shape index (κ1) is 13.1. The average molecular weight is 246 g/mol. The van der Waals surface area contributed by atoms with E-state index in [4.69, 9.17) is 4.74 Å². The molecule has 1 aliphatic rings. The molecule has 1 aliphatic heterocycles. The Bertz CT molecular complexity index is 409. The highest BCUT2D eigenvalue weighted by atomic mass is 16.5. The van der Waals surface area contributed by atoms with E-state index in [1.165, 1.54) is 5.56 Å². The Morgan fingerprint density at radius 3 is 2.94 bits per heavy atom. The van der Waals surface area contributed by atoms with Gasteiger partial charge in [-0.15, -0.1) is 0 Å². The van der Waals surface area contributed by atoms with Crippen molar-refractivity contribution in [2.24, 2.45) is 5.92 Å². The van der Waals surface area contributed by atoms with Crippen LogP contribution in [0.2, 0.25) is 0 Å². The molecule has 2 rings (SSSR count). The molecule has 0 aliphatic carbocycles. The van der Waals surface area contributed by atoms with Gasteiger partial charge in [-0.05, 0) is 36.8 Å². The largest absolute Gasteiger partial charge is 0.493 e. The maximum Gasteiger partial charge on any atom is 0.135 e. The minimum Gasteiger partial charge on any atom is -0.493 e. The Hall–Kier alpha value is -1.31. The van der Waals surface area contributed by atoms with Gasteiger partial charge in [0.05, 0.1) is 6.61 Å². The van der Waals surface area contributed by atoms with Gasteiger partial charge in [-0.1, -0.05) is 32.0 Å². The van der Waals surface area contributed by atoms with Crippen LogP contribution < -0.4 is 4.74 Å². The summed E-state index contributed by atoms with van der Waals surface area (Å²) >= 11 is 0. The third-order valence-electron chi connectivity index (χ3n) is 3.70. The van der Waals surface area contributed by atoms with Crippen molar-refractivity contribution in [3.63, 3.8) is 0 Å². The van der Waals surface area contributed by atoms with Crippen molar-refractivity contribution in [1.82, 2.24) is 0 Å². The number of fused-ring (bicyclic) bond motifs is 1. The summed E-state index contributed by atoms with van der Waals surface area (Å²) in [5.41, 5.74) is 1.32. The fraction of sp³-hybridized carbons (Fsp3) is 0.562. The van der Waals surface area contributed by atoms with Gasteiger partial charge in [0.25, 0.3) is 0 Å². The molecule has 0 saturated carbocycles. The lowest BCUT2D eigenvalue weighted by atomic mass is 9.88. The van der Waals surface area contributed by atoms with E-state index in [0.29, 0.717) is 11.7 Å². The van der Waals surface area contributed by atoms with Crippen molar-refractivity contribution in [3.05, 3.63) is 29.8 Å².